The summed E-state index contributed by atoms with van der Waals surface area (Å²) >= 11 is 0. The van der Waals surface area contributed by atoms with Crippen LogP contribution in [-0.2, 0) is 0 Å². The zero-order chi connectivity index (χ0) is 23.2. The molecule has 2 N–H and O–H groups in total. The first kappa shape index (κ1) is 21.1. The Balaban J connectivity index is 1.79. The second kappa shape index (κ2) is 9.32. The molecule has 33 heavy (non-hydrogen) atoms. The number of benzene rings is 1. The highest BCUT2D eigenvalue weighted by atomic mass is 15.4. The number of aromatic nitrogens is 5. The molecule has 160 valence electrons. The zero-order valence-electron chi connectivity index (χ0n) is 17.7. The Morgan fingerprint density at radius 1 is 0.970 bits per heavy atom. The molecule has 0 atom stereocenters. The van der Waals surface area contributed by atoms with Gasteiger partial charge in [0, 0.05) is 30.7 Å². The van der Waals surface area contributed by atoms with E-state index in [1.54, 1.807) is 32.4 Å². The fourth-order valence-electron chi connectivity index (χ4n) is 3.04. The first-order valence-corrected chi connectivity index (χ1v) is 9.78. The van der Waals surface area contributed by atoms with Crippen LogP contribution in [0.3, 0.4) is 0 Å². The van der Waals surface area contributed by atoms with Crippen molar-refractivity contribution in [2.75, 3.05) is 17.7 Å². The highest BCUT2D eigenvalue weighted by Gasteiger charge is 2.18. The maximum atomic E-state index is 9.80. The molecular formula is C22H17N11. The summed E-state index contributed by atoms with van der Waals surface area (Å²) in [5, 5.41) is 38.2. The molecule has 11 nitrogen and oxygen atoms in total. The van der Waals surface area contributed by atoms with Crippen molar-refractivity contribution in [3.05, 3.63) is 71.7 Å². The van der Waals surface area contributed by atoms with Gasteiger partial charge in [0.2, 0.25) is 0 Å². The number of hydrogen-bond acceptors (Lipinski definition) is 10. The van der Waals surface area contributed by atoms with Gasteiger partial charge in [0.05, 0.1) is 11.8 Å². The molecule has 0 aliphatic carbocycles. The molecule has 0 radical (unpaired) electrons. The molecule has 11 heteroatoms. The number of nitriles is 2. The predicted octanol–water partition coefficient (Wildman–Crippen LogP) is 4.31. The van der Waals surface area contributed by atoms with Gasteiger partial charge in [0.25, 0.3) is 5.95 Å². The Kier molecular flexibility index (Phi) is 5.96. The topological polar surface area (TPSA) is 153 Å². The highest BCUT2D eigenvalue weighted by molar-refractivity contribution is 5.76. The first-order chi connectivity index (χ1) is 16.2. The maximum absolute atomic E-state index is 9.80. The third-order valence-corrected chi connectivity index (χ3v) is 4.65. The fraction of sp³-hybridized carbons (Fsp3) is 0.0909. The molecule has 0 spiro atoms. The molecule has 0 bridgehead atoms. The lowest BCUT2D eigenvalue weighted by atomic mass is 10.1. The number of hydrogen-bond donors (Lipinski definition) is 2. The normalized spacial score (nSPS) is 10.5. The SMILES string of the molecule is CNc1nc(Nc2ccccc2)c(C#N)c(C)c1/N=N/c1c(C#N)cnn1-c1ncccn1. The van der Waals surface area contributed by atoms with Gasteiger partial charge in [-0.1, -0.05) is 18.2 Å². The Labute approximate surface area is 189 Å². The Morgan fingerprint density at radius 3 is 2.39 bits per heavy atom. The summed E-state index contributed by atoms with van der Waals surface area (Å²) in [6, 6.07) is 15.3. The molecule has 1 aromatic carbocycles. The Hall–Kier alpha value is -5.16. The van der Waals surface area contributed by atoms with E-state index < -0.39 is 0 Å². The molecule has 0 saturated heterocycles. The second-order valence-electron chi connectivity index (χ2n) is 6.66. The van der Waals surface area contributed by atoms with Gasteiger partial charge in [-0.3, -0.25) is 0 Å². The van der Waals surface area contributed by atoms with Crippen molar-refractivity contribution in [1.29, 1.82) is 10.5 Å². The van der Waals surface area contributed by atoms with E-state index in [0.29, 0.717) is 28.5 Å². The monoisotopic (exact) mass is 435 g/mol. The average molecular weight is 435 g/mol. The van der Waals surface area contributed by atoms with Gasteiger partial charge in [0.1, 0.15) is 23.4 Å². The van der Waals surface area contributed by atoms with Crippen LogP contribution in [0.15, 0.2) is 65.2 Å². The van der Waals surface area contributed by atoms with Crippen LogP contribution in [0.25, 0.3) is 5.95 Å². The van der Waals surface area contributed by atoms with E-state index in [-0.39, 0.29) is 17.3 Å². The quantitative estimate of drug-likeness (QED) is 0.425. The van der Waals surface area contributed by atoms with E-state index >= 15 is 0 Å². The fourth-order valence-corrected chi connectivity index (χ4v) is 3.04. The molecule has 0 aliphatic rings. The van der Waals surface area contributed by atoms with Gasteiger partial charge in [-0.15, -0.1) is 10.2 Å². The van der Waals surface area contributed by atoms with Crippen molar-refractivity contribution in [3.8, 4) is 18.1 Å². The second-order valence-corrected chi connectivity index (χ2v) is 6.66. The first-order valence-electron chi connectivity index (χ1n) is 9.78. The van der Waals surface area contributed by atoms with Crippen LogP contribution in [0, 0.1) is 29.6 Å². The van der Waals surface area contributed by atoms with E-state index in [2.05, 4.69) is 47.0 Å². The number of nitrogens with zero attached hydrogens (tertiary/aromatic N) is 9. The number of pyridine rings is 1. The minimum absolute atomic E-state index is 0.162. The van der Waals surface area contributed by atoms with Crippen molar-refractivity contribution < 1.29 is 0 Å². The van der Waals surface area contributed by atoms with E-state index in [0.717, 1.165) is 5.69 Å². The van der Waals surface area contributed by atoms with Crippen LogP contribution >= 0.6 is 0 Å². The molecule has 3 heterocycles. The molecular weight excluding hydrogens is 418 g/mol. The molecule has 3 aromatic heterocycles. The van der Waals surface area contributed by atoms with Crippen LogP contribution in [0.1, 0.15) is 16.7 Å². The Morgan fingerprint density at radius 2 is 1.73 bits per heavy atom. The van der Waals surface area contributed by atoms with Crippen molar-refractivity contribution in [1.82, 2.24) is 24.7 Å². The average Bonchev–Trinajstić information content (AvgIpc) is 3.27. The summed E-state index contributed by atoms with van der Waals surface area (Å²) < 4.78 is 1.32. The molecule has 0 saturated carbocycles. The third kappa shape index (κ3) is 4.19. The number of anilines is 3. The summed E-state index contributed by atoms with van der Waals surface area (Å²) in [5.41, 5.74) is 2.25. The van der Waals surface area contributed by atoms with Crippen LogP contribution in [0.5, 0.6) is 0 Å². The van der Waals surface area contributed by atoms with Gasteiger partial charge in [0.15, 0.2) is 17.5 Å². The van der Waals surface area contributed by atoms with Crippen LogP contribution in [0.4, 0.5) is 28.8 Å². The van der Waals surface area contributed by atoms with Crippen LogP contribution in [0.2, 0.25) is 0 Å². The number of para-hydroxylation sites is 1. The summed E-state index contributed by atoms with van der Waals surface area (Å²) in [6.07, 6.45) is 4.48. The molecule has 0 fully saturated rings. The zero-order valence-corrected chi connectivity index (χ0v) is 17.7. The van der Waals surface area contributed by atoms with Crippen molar-refractivity contribution in [2.24, 2.45) is 10.2 Å². The molecule has 0 aliphatic heterocycles. The van der Waals surface area contributed by atoms with E-state index in [1.807, 2.05) is 36.4 Å². The van der Waals surface area contributed by atoms with Gasteiger partial charge < -0.3 is 10.6 Å². The minimum Gasteiger partial charge on any atom is -0.371 e. The summed E-state index contributed by atoms with van der Waals surface area (Å²) in [6.45, 7) is 1.76. The summed E-state index contributed by atoms with van der Waals surface area (Å²) in [7, 11) is 1.70. The molecule has 4 aromatic rings. The maximum Gasteiger partial charge on any atom is 0.252 e. The van der Waals surface area contributed by atoms with Crippen molar-refractivity contribution >= 4 is 28.8 Å². The third-order valence-electron chi connectivity index (χ3n) is 4.65. The molecule has 0 amide bonds. The van der Waals surface area contributed by atoms with Gasteiger partial charge in [-0.25, -0.2) is 15.0 Å². The Bertz CT molecular complexity index is 1390. The molecule has 0 unspecified atom stereocenters. The van der Waals surface area contributed by atoms with Gasteiger partial charge >= 0.3 is 0 Å². The van der Waals surface area contributed by atoms with E-state index in [1.165, 1.54) is 10.9 Å². The summed E-state index contributed by atoms with van der Waals surface area (Å²) in [5.74, 6) is 1.21. The largest absolute Gasteiger partial charge is 0.371 e. The van der Waals surface area contributed by atoms with Crippen molar-refractivity contribution in [3.63, 3.8) is 0 Å². The van der Waals surface area contributed by atoms with Crippen LogP contribution in [-0.4, -0.2) is 31.8 Å². The number of rotatable bonds is 6. The number of nitrogens with one attached hydrogen (secondary N) is 2. The lowest BCUT2D eigenvalue weighted by molar-refractivity contribution is 0.803. The summed E-state index contributed by atoms with van der Waals surface area (Å²) in [4.78, 5) is 12.8. The number of azo groups is 1. The van der Waals surface area contributed by atoms with Crippen molar-refractivity contribution in [2.45, 2.75) is 6.92 Å². The lowest BCUT2D eigenvalue weighted by Crippen LogP contribution is -2.04. The minimum atomic E-state index is 0.162. The standard InChI is InChI=1S/C22H17N11/c1-14-17(12-24)19(29-16-7-4-3-5-8-16)30-20(25-2)18(14)31-32-21-15(11-23)13-28-33(21)22-26-9-6-10-27-22/h3-10,13H,1-2H3,(H2,25,29,30)/b32-31+. The smallest absolute Gasteiger partial charge is 0.252 e. The lowest BCUT2D eigenvalue weighted by Gasteiger charge is -2.14. The van der Waals surface area contributed by atoms with E-state index in [4.69, 9.17) is 0 Å². The van der Waals surface area contributed by atoms with Gasteiger partial charge in [-0.2, -0.15) is 20.3 Å². The van der Waals surface area contributed by atoms with Gasteiger partial charge in [-0.05, 0) is 25.1 Å². The predicted molar refractivity (Wildman–Crippen MR) is 121 cm³/mol. The van der Waals surface area contributed by atoms with Crippen LogP contribution < -0.4 is 10.6 Å². The van der Waals surface area contributed by atoms with E-state index in [9.17, 15) is 10.5 Å². The highest BCUT2D eigenvalue weighted by Crippen LogP contribution is 2.36. The molecule has 4 rings (SSSR count).